The molecule has 4 nitrogen and oxygen atoms in total. The number of imidazole rings is 1. The van der Waals surface area contributed by atoms with Gasteiger partial charge < -0.3 is 10.3 Å². The largest absolute Gasteiger partial charge is 0.338 e. The number of halogens is 1. The summed E-state index contributed by atoms with van der Waals surface area (Å²) in [5, 5.41) is 0.625. The normalized spacial score (nSPS) is 12.6. The van der Waals surface area contributed by atoms with Crippen molar-refractivity contribution in [3.8, 4) is 0 Å². The molecule has 1 atom stereocenters. The minimum Gasteiger partial charge on any atom is -0.338 e. The summed E-state index contributed by atoms with van der Waals surface area (Å²) >= 11 is 6.05. The fourth-order valence-corrected chi connectivity index (χ4v) is 1.99. The molecule has 2 aromatic rings. The number of nitrogens with two attached hydrogens (primary N) is 1. The van der Waals surface area contributed by atoms with E-state index in [0.717, 1.165) is 24.4 Å². The molecule has 2 heterocycles. The monoisotopic (exact) mass is 250 g/mol. The minimum atomic E-state index is -0.152. The van der Waals surface area contributed by atoms with E-state index in [1.54, 1.807) is 18.5 Å². The van der Waals surface area contributed by atoms with E-state index < -0.39 is 0 Å². The van der Waals surface area contributed by atoms with Crippen LogP contribution in [0.3, 0.4) is 0 Å². The highest BCUT2D eigenvalue weighted by atomic mass is 35.5. The van der Waals surface area contributed by atoms with Crippen molar-refractivity contribution >= 4 is 11.6 Å². The van der Waals surface area contributed by atoms with Gasteiger partial charge in [0.25, 0.3) is 0 Å². The SMILES string of the molecule is Cn1ccnc1CCC(N)c1ncccc1Cl. The van der Waals surface area contributed by atoms with Gasteiger partial charge in [0.2, 0.25) is 0 Å². The van der Waals surface area contributed by atoms with Crippen molar-refractivity contribution in [2.75, 3.05) is 0 Å². The van der Waals surface area contributed by atoms with E-state index in [-0.39, 0.29) is 6.04 Å². The second-order valence-electron chi connectivity index (χ2n) is 3.97. The molecule has 90 valence electrons. The third-order valence-electron chi connectivity index (χ3n) is 2.74. The zero-order chi connectivity index (χ0) is 12.3. The number of hydrogen-bond acceptors (Lipinski definition) is 3. The van der Waals surface area contributed by atoms with Crippen molar-refractivity contribution in [1.82, 2.24) is 14.5 Å². The molecule has 0 aliphatic heterocycles. The molecule has 0 aromatic carbocycles. The highest BCUT2D eigenvalue weighted by Crippen LogP contribution is 2.21. The van der Waals surface area contributed by atoms with Gasteiger partial charge in [0, 0.05) is 38.1 Å². The Hall–Kier alpha value is -1.39. The van der Waals surface area contributed by atoms with Crippen LogP contribution in [0.25, 0.3) is 0 Å². The molecule has 0 fully saturated rings. The topological polar surface area (TPSA) is 56.7 Å². The lowest BCUT2D eigenvalue weighted by atomic mass is 10.1. The Morgan fingerprint density at radius 2 is 2.24 bits per heavy atom. The summed E-state index contributed by atoms with van der Waals surface area (Å²) in [5.41, 5.74) is 6.83. The van der Waals surface area contributed by atoms with E-state index in [9.17, 15) is 0 Å². The quantitative estimate of drug-likeness (QED) is 0.904. The van der Waals surface area contributed by atoms with E-state index in [1.165, 1.54) is 0 Å². The van der Waals surface area contributed by atoms with Crippen molar-refractivity contribution < 1.29 is 0 Å². The van der Waals surface area contributed by atoms with Gasteiger partial charge in [-0.15, -0.1) is 0 Å². The van der Waals surface area contributed by atoms with Gasteiger partial charge >= 0.3 is 0 Å². The van der Waals surface area contributed by atoms with Gasteiger partial charge in [-0.3, -0.25) is 4.98 Å². The Kier molecular flexibility index (Phi) is 3.76. The van der Waals surface area contributed by atoms with Crippen LogP contribution >= 0.6 is 11.6 Å². The smallest absolute Gasteiger partial charge is 0.108 e. The fraction of sp³-hybridized carbons (Fsp3) is 0.333. The number of aryl methyl sites for hydroxylation is 2. The van der Waals surface area contributed by atoms with Gasteiger partial charge in [-0.25, -0.2) is 4.98 Å². The Labute approximate surface area is 105 Å². The maximum atomic E-state index is 6.08. The van der Waals surface area contributed by atoms with Crippen molar-refractivity contribution in [2.24, 2.45) is 12.8 Å². The molecule has 1 unspecified atom stereocenters. The van der Waals surface area contributed by atoms with E-state index in [0.29, 0.717) is 5.02 Å². The fourth-order valence-electron chi connectivity index (χ4n) is 1.73. The molecule has 0 saturated carbocycles. The molecule has 2 rings (SSSR count). The van der Waals surface area contributed by atoms with Crippen LogP contribution in [0, 0.1) is 0 Å². The van der Waals surface area contributed by atoms with E-state index in [1.807, 2.05) is 23.9 Å². The first kappa shape index (κ1) is 12.1. The third-order valence-corrected chi connectivity index (χ3v) is 3.06. The molecule has 0 saturated heterocycles. The summed E-state index contributed by atoms with van der Waals surface area (Å²) in [6.45, 7) is 0. The predicted molar refractivity (Wildman–Crippen MR) is 67.7 cm³/mol. The van der Waals surface area contributed by atoms with Crippen LogP contribution in [-0.2, 0) is 13.5 Å². The standard InChI is InChI=1S/C12H15ClN4/c1-17-8-7-15-11(17)5-4-10(14)12-9(13)3-2-6-16-12/h2-3,6-8,10H,4-5,14H2,1H3. The van der Waals surface area contributed by atoms with Crippen LogP contribution in [0.1, 0.15) is 24.0 Å². The first-order chi connectivity index (χ1) is 8.18. The van der Waals surface area contributed by atoms with Gasteiger partial charge in [0.05, 0.1) is 10.7 Å². The molecule has 0 bridgehead atoms. The zero-order valence-electron chi connectivity index (χ0n) is 9.68. The minimum absolute atomic E-state index is 0.152. The van der Waals surface area contributed by atoms with Gasteiger partial charge in [0.15, 0.2) is 0 Å². The molecule has 5 heteroatoms. The Bertz CT molecular complexity index is 495. The summed E-state index contributed by atoms with van der Waals surface area (Å²) in [5.74, 6) is 1.02. The molecular formula is C12H15ClN4. The van der Waals surface area contributed by atoms with Gasteiger partial charge in [-0.2, -0.15) is 0 Å². The van der Waals surface area contributed by atoms with Crippen LogP contribution in [-0.4, -0.2) is 14.5 Å². The van der Waals surface area contributed by atoms with Gasteiger partial charge in [-0.1, -0.05) is 11.6 Å². The number of aromatic nitrogens is 3. The number of nitrogens with zero attached hydrogens (tertiary/aromatic N) is 3. The van der Waals surface area contributed by atoms with Crippen LogP contribution in [0.2, 0.25) is 5.02 Å². The third kappa shape index (κ3) is 2.84. The highest BCUT2D eigenvalue weighted by molar-refractivity contribution is 6.31. The molecule has 2 N–H and O–H groups in total. The molecule has 0 radical (unpaired) electrons. The van der Waals surface area contributed by atoms with Crippen molar-refractivity contribution in [3.05, 3.63) is 47.3 Å². The molecule has 0 amide bonds. The van der Waals surface area contributed by atoms with Gasteiger partial charge in [0.1, 0.15) is 5.82 Å². The maximum absolute atomic E-state index is 6.08. The summed E-state index contributed by atoms with van der Waals surface area (Å²) in [7, 11) is 1.97. The molecule has 0 aliphatic carbocycles. The summed E-state index contributed by atoms with van der Waals surface area (Å²) in [4.78, 5) is 8.47. The second-order valence-corrected chi connectivity index (χ2v) is 4.38. The lowest BCUT2D eigenvalue weighted by Crippen LogP contribution is -2.14. The molecule has 0 spiro atoms. The summed E-state index contributed by atoms with van der Waals surface area (Å²) in [6.07, 6.45) is 7.02. The van der Waals surface area contributed by atoms with Crippen LogP contribution < -0.4 is 5.73 Å². The lowest BCUT2D eigenvalue weighted by Gasteiger charge is -2.12. The Balaban J connectivity index is 2.01. The summed E-state index contributed by atoms with van der Waals surface area (Å²) < 4.78 is 1.99. The van der Waals surface area contributed by atoms with Crippen molar-refractivity contribution in [3.63, 3.8) is 0 Å². The maximum Gasteiger partial charge on any atom is 0.108 e. The lowest BCUT2D eigenvalue weighted by molar-refractivity contribution is 0.607. The highest BCUT2D eigenvalue weighted by Gasteiger charge is 2.12. The first-order valence-corrected chi connectivity index (χ1v) is 5.88. The van der Waals surface area contributed by atoms with Gasteiger partial charge in [-0.05, 0) is 18.6 Å². The van der Waals surface area contributed by atoms with E-state index in [4.69, 9.17) is 17.3 Å². The second kappa shape index (κ2) is 5.29. The van der Waals surface area contributed by atoms with E-state index >= 15 is 0 Å². The average Bonchev–Trinajstić information content (AvgIpc) is 2.72. The first-order valence-electron chi connectivity index (χ1n) is 5.50. The van der Waals surface area contributed by atoms with Crippen molar-refractivity contribution in [2.45, 2.75) is 18.9 Å². The summed E-state index contributed by atoms with van der Waals surface area (Å²) in [6, 6.07) is 3.46. The number of rotatable bonds is 4. The molecule has 17 heavy (non-hydrogen) atoms. The number of pyridine rings is 1. The van der Waals surface area contributed by atoms with Crippen LogP contribution in [0.4, 0.5) is 0 Å². The van der Waals surface area contributed by atoms with Crippen LogP contribution in [0.5, 0.6) is 0 Å². The number of hydrogen-bond donors (Lipinski definition) is 1. The average molecular weight is 251 g/mol. The Morgan fingerprint density at radius 1 is 1.41 bits per heavy atom. The Morgan fingerprint density at radius 3 is 2.88 bits per heavy atom. The van der Waals surface area contributed by atoms with E-state index in [2.05, 4.69) is 9.97 Å². The molecular weight excluding hydrogens is 236 g/mol. The zero-order valence-corrected chi connectivity index (χ0v) is 10.4. The molecule has 2 aromatic heterocycles. The van der Waals surface area contributed by atoms with Crippen LogP contribution in [0.15, 0.2) is 30.7 Å². The molecule has 0 aliphatic rings. The van der Waals surface area contributed by atoms with Crippen molar-refractivity contribution in [1.29, 1.82) is 0 Å². The predicted octanol–water partition coefficient (Wildman–Crippen LogP) is 2.10.